The van der Waals surface area contributed by atoms with E-state index < -0.39 is 0 Å². The Balaban J connectivity index is 1.06. The summed E-state index contributed by atoms with van der Waals surface area (Å²) in [6, 6.07) is 59.0. The molecule has 0 bridgehead atoms. The molecule has 5 heterocycles. The molecule has 0 saturated carbocycles. The van der Waals surface area contributed by atoms with Gasteiger partial charge in [0, 0.05) is 63.3 Å². The molecule has 0 amide bonds. The molecule has 0 atom stereocenters. The van der Waals surface area contributed by atoms with Crippen molar-refractivity contribution in [3.63, 3.8) is 0 Å². The summed E-state index contributed by atoms with van der Waals surface area (Å²) in [7, 11) is 0. The van der Waals surface area contributed by atoms with Crippen molar-refractivity contribution in [2.45, 2.75) is 0 Å². The highest BCUT2D eigenvalue weighted by Gasteiger charge is 2.21. The van der Waals surface area contributed by atoms with Crippen LogP contribution in [0, 0.1) is 0 Å². The molecule has 6 nitrogen and oxygen atoms in total. The lowest BCUT2D eigenvalue weighted by Gasteiger charge is -2.11. The first kappa shape index (κ1) is 32.1. The summed E-state index contributed by atoms with van der Waals surface area (Å²) in [6.07, 6.45) is 0. The van der Waals surface area contributed by atoms with E-state index in [1.54, 1.807) is 22.7 Å². The number of fused-ring (bicyclic) bond motifs is 9. The fraction of sp³-hybridized carbons (Fsp3) is 0. The second kappa shape index (κ2) is 12.7. The number of para-hydroxylation sites is 2. The van der Waals surface area contributed by atoms with Gasteiger partial charge in [-0.1, -0.05) is 127 Å². The summed E-state index contributed by atoms with van der Waals surface area (Å²) >= 11 is 3.52. The standard InChI is InChI=1S/C49H28N6S2/c1-3-14-29(15-4-1)42-45-43(35-20-9-12-25-40(35)57-45)51-48(50-42)36-22-13-21-34-37-28-31(26-27-41(37)56-44(34)36)47-52-46(30-16-5-2-6-17-30)53-49(54-47)55-38-23-10-7-18-32(38)33-19-8-11-24-39(33)55/h1-28H. The van der Waals surface area contributed by atoms with Crippen molar-refractivity contribution in [3.8, 4) is 51.4 Å². The van der Waals surface area contributed by atoms with E-state index in [4.69, 9.17) is 24.9 Å². The average Bonchev–Trinajstić information content (AvgIpc) is 3.96. The van der Waals surface area contributed by atoms with E-state index in [9.17, 15) is 0 Å². The summed E-state index contributed by atoms with van der Waals surface area (Å²) in [5.74, 6) is 2.54. The lowest BCUT2D eigenvalue weighted by atomic mass is 10.1. The van der Waals surface area contributed by atoms with Crippen LogP contribution in [0.2, 0.25) is 0 Å². The summed E-state index contributed by atoms with van der Waals surface area (Å²) in [5.41, 5.74) is 8.00. The summed E-state index contributed by atoms with van der Waals surface area (Å²) in [4.78, 5) is 26.1. The Hall–Kier alpha value is -7.13. The van der Waals surface area contributed by atoms with Crippen LogP contribution in [0.15, 0.2) is 170 Å². The smallest absolute Gasteiger partial charge is 0.238 e. The Labute approximate surface area is 334 Å². The van der Waals surface area contributed by atoms with E-state index in [1.165, 1.54) is 9.40 Å². The van der Waals surface area contributed by atoms with E-state index in [2.05, 4.69) is 138 Å². The third-order valence-electron chi connectivity index (χ3n) is 10.7. The number of nitrogens with zero attached hydrogens (tertiary/aromatic N) is 6. The predicted molar refractivity (Wildman–Crippen MR) is 237 cm³/mol. The van der Waals surface area contributed by atoms with Gasteiger partial charge in [0.15, 0.2) is 17.5 Å². The molecular weight excluding hydrogens is 737 g/mol. The van der Waals surface area contributed by atoms with E-state index in [-0.39, 0.29) is 0 Å². The lowest BCUT2D eigenvalue weighted by Crippen LogP contribution is -2.06. The molecule has 0 aliphatic heterocycles. The number of thiophene rings is 2. The fourth-order valence-electron chi connectivity index (χ4n) is 8.06. The minimum Gasteiger partial charge on any atom is -0.278 e. The molecule has 57 heavy (non-hydrogen) atoms. The number of aromatic nitrogens is 6. The second-order valence-corrected chi connectivity index (χ2v) is 16.2. The van der Waals surface area contributed by atoms with Gasteiger partial charge < -0.3 is 0 Å². The molecule has 5 aromatic heterocycles. The van der Waals surface area contributed by atoms with Gasteiger partial charge in [-0.3, -0.25) is 4.57 Å². The SMILES string of the molecule is c1ccc(-c2nc(-c3ccc4sc5c(-c6nc(-c7ccccc7)c7sc8ccccc8c7n6)cccc5c4c3)nc(-n3c4ccccc4c4ccccc43)n2)cc1. The number of rotatable bonds is 5. The zero-order valence-electron chi connectivity index (χ0n) is 30.2. The number of hydrogen-bond donors (Lipinski definition) is 0. The van der Waals surface area contributed by atoms with Crippen molar-refractivity contribution in [2.24, 2.45) is 0 Å². The summed E-state index contributed by atoms with van der Waals surface area (Å²) in [6.45, 7) is 0. The van der Waals surface area contributed by atoms with Crippen LogP contribution in [0.3, 0.4) is 0 Å². The molecule has 0 aliphatic rings. The molecule has 12 aromatic rings. The Morgan fingerprint density at radius 3 is 1.72 bits per heavy atom. The van der Waals surface area contributed by atoms with E-state index in [1.807, 2.05) is 36.4 Å². The first-order chi connectivity index (χ1) is 28.2. The maximum atomic E-state index is 5.31. The Morgan fingerprint density at radius 2 is 0.965 bits per heavy atom. The molecular formula is C49H28N6S2. The van der Waals surface area contributed by atoms with E-state index in [0.717, 1.165) is 86.7 Å². The quantitative estimate of drug-likeness (QED) is 0.175. The third kappa shape index (κ3) is 5.12. The average molecular weight is 765 g/mol. The molecule has 12 rings (SSSR count). The largest absolute Gasteiger partial charge is 0.278 e. The Morgan fingerprint density at radius 1 is 0.368 bits per heavy atom. The topological polar surface area (TPSA) is 69.4 Å². The maximum absolute atomic E-state index is 5.31. The molecule has 0 fully saturated rings. The molecule has 0 N–H and O–H groups in total. The molecule has 0 spiro atoms. The van der Waals surface area contributed by atoms with Crippen LogP contribution in [0.1, 0.15) is 0 Å². The molecule has 0 unspecified atom stereocenters. The van der Waals surface area contributed by atoms with Crippen LogP contribution in [0.4, 0.5) is 0 Å². The van der Waals surface area contributed by atoms with Gasteiger partial charge in [0.2, 0.25) is 5.95 Å². The predicted octanol–water partition coefficient (Wildman–Crippen LogP) is 13.2. The van der Waals surface area contributed by atoms with Gasteiger partial charge in [-0.05, 0) is 42.5 Å². The number of hydrogen-bond acceptors (Lipinski definition) is 7. The molecule has 0 aliphatic carbocycles. The number of benzene rings is 7. The van der Waals surface area contributed by atoms with Crippen LogP contribution in [-0.4, -0.2) is 29.5 Å². The first-order valence-electron chi connectivity index (χ1n) is 18.8. The van der Waals surface area contributed by atoms with Gasteiger partial charge in [0.25, 0.3) is 0 Å². The van der Waals surface area contributed by atoms with Crippen LogP contribution in [0.5, 0.6) is 0 Å². The van der Waals surface area contributed by atoms with Crippen molar-refractivity contribution in [1.29, 1.82) is 0 Å². The van der Waals surface area contributed by atoms with Crippen molar-refractivity contribution in [3.05, 3.63) is 170 Å². The van der Waals surface area contributed by atoms with Gasteiger partial charge in [-0.2, -0.15) is 9.97 Å². The van der Waals surface area contributed by atoms with Gasteiger partial charge in [0.05, 0.1) is 26.9 Å². The molecule has 0 saturated heterocycles. The monoisotopic (exact) mass is 764 g/mol. The van der Waals surface area contributed by atoms with Crippen LogP contribution < -0.4 is 0 Å². The molecule has 7 aromatic carbocycles. The highest BCUT2D eigenvalue weighted by molar-refractivity contribution is 7.26. The summed E-state index contributed by atoms with van der Waals surface area (Å²) in [5, 5.41) is 5.75. The van der Waals surface area contributed by atoms with Gasteiger partial charge in [0.1, 0.15) is 0 Å². The normalized spacial score (nSPS) is 11.9. The summed E-state index contributed by atoms with van der Waals surface area (Å²) < 4.78 is 6.79. The lowest BCUT2D eigenvalue weighted by molar-refractivity contribution is 0.954. The molecule has 0 radical (unpaired) electrons. The Kier molecular flexibility index (Phi) is 7.17. The van der Waals surface area contributed by atoms with Gasteiger partial charge in [-0.15, -0.1) is 22.7 Å². The third-order valence-corrected chi connectivity index (χ3v) is 13.1. The van der Waals surface area contributed by atoms with Crippen LogP contribution in [0.25, 0.3) is 114 Å². The first-order valence-corrected chi connectivity index (χ1v) is 20.4. The van der Waals surface area contributed by atoms with Crippen LogP contribution >= 0.6 is 22.7 Å². The fourth-order valence-corrected chi connectivity index (χ4v) is 10.4. The molecule has 266 valence electrons. The van der Waals surface area contributed by atoms with Crippen molar-refractivity contribution in [2.75, 3.05) is 0 Å². The van der Waals surface area contributed by atoms with E-state index >= 15 is 0 Å². The van der Waals surface area contributed by atoms with Crippen molar-refractivity contribution >= 4 is 85.0 Å². The van der Waals surface area contributed by atoms with Crippen LogP contribution in [-0.2, 0) is 0 Å². The highest BCUT2D eigenvalue weighted by Crippen LogP contribution is 2.44. The van der Waals surface area contributed by atoms with Crippen molar-refractivity contribution in [1.82, 2.24) is 29.5 Å². The Bertz CT molecular complexity index is 3480. The van der Waals surface area contributed by atoms with Gasteiger partial charge >= 0.3 is 0 Å². The van der Waals surface area contributed by atoms with Gasteiger partial charge in [-0.25, -0.2) is 15.0 Å². The highest BCUT2D eigenvalue weighted by atomic mass is 32.1. The minimum absolute atomic E-state index is 0.580. The zero-order valence-corrected chi connectivity index (χ0v) is 31.8. The zero-order chi connectivity index (χ0) is 37.5. The molecule has 8 heteroatoms. The van der Waals surface area contributed by atoms with Crippen molar-refractivity contribution < 1.29 is 0 Å². The second-order valence-electron chi connectivity index (χ2n) is 14.1. The van der Waals surface area contributed by atoms with E-state index in [0.29, 0.717) is 17.6 Å². The maximum Gasteiger partial charge on any atom is 0.238 e. The minimum atomic E-state index is 0.580.